The zero-order valence-corrected chi connectivity index (χ0v) is 11.7. The van der Waals surface area contributed by atoms with Crippen LogP contribution in [-0.4, -0.2) is 54.4 Å². The van der Waals surface area contributed by atoms with Crippen molar-refractivity contribution in [2.75, 3.05) is 25.6 Å². The molecule has 1 unspecified atom stereocenters. The van der Waals surface area contributed by atoms with Gasteiger partial charge in [-0.05, 0) is 0 Å². The summed E-state index contributed by atoms with van der Waals surface area (Å²) in [7, 11) is -3.52. The van der Waals surface area contributed by atoms with Gasteiger partial charge >= 0.3 is 0 Å². The van der Waals surface area contributed by atoms with Crippen LogP contribution in [0.25, 0.3) is 0 Å². The summed E-state index contributed by atoms with van der Waals surface area (Å²) in [6, 6.07) is 0. The molecule has 2 rings (SSSR count). The van der Waals surface area contributed by atoms with Gasteiger partial charge in [0.05, 0.1) is 18.9 Å². The minimum atomic E-state index is -3.52. The molecule has 1 aromatic rings. The van der Waals surface area contributed by atoms with Crippen molar-refractivity contribution >= 4 is 21.6 Å². The molecule has 1 N–H and O–H groups in total. The number of imidazole rings is 1. The highest BCUT2D eigenvalue weighted by atomic mass is 35.5. The number of halogens is 1. The van der Waals surface area contributed by atoms with Gasteiger partial charge < -0.3 is 9.72 Å². The first kappa shape index (κ1) is 13.8. The summed E-state index contributed by atoms with van der Waals surface area (Å²) in [5.74, 6) is 0.950. The predicted molar refractivity (Wildman–Crippen MR) is 67.2 cm³/mol. The summed E-state index contributed by atoms with van der Waals surface area (Å²) >= 11 is 5.70. The van der Waals surface area contributed by atoms with Crippen molar-refractivity contribution in [3.8, 4) is 0 Å². The van der Waals surface area contributed by atoms with E-state index in [1.54, 1.807) is 0 Å². The van der Waals surface area contributed by atoms with Crippen LogP contribution in [0.1, 0.15) is 12.7 Å². The Morgan fingerprint density at radius 2 is 2.44 bits per heavy atom. The smallest absolute Gasteiger partial charge is 0.260 e. The average Bonchev–Trinajstić information content (AvgIpc) is 2.88. The van der Waals surface area contributed by atoms with E-state index in [0.717, 1.165) is 0 Å². The van der Waals surface area contributed by atoms with Crippen LogP contribution in [0.4, 0.5) is 0 Å². The van der Waals surface area contributed by atoms with Crippen LogP contribution in [0.2, 0.25) is 0 Å². The van der Waals surface area contributed by atoms with E-state index in [9.17, 15) is 8.42 Å². The number of hydrogen-bond donors (Lipinski definition) is 1. The molecule has 1 atom stereocenters. The monoisotopic (exact) mass is 293 g/mol. The fourth-order valence-electron chi connectivity index (χ4n) is 1.80. The highest BCUT2D eigenvalue weighted by molar-refractivity contribution is 7.89. The quantitative estimate of drug-likeness (QED) is 0.825. The Morgan fingerprint density at radius 1 is 1.67 bits per heavy atom. The van der Waals surface area contributed by atoms with Gasteiger partial charge in [-0.1, -0.05) is 6.92 Å². The van der Waals surface area contributed by atoms with E-state index in [0.29, 0.717) is 25.4 Å². The molecule has 8 heteroatoms. The number of sulfonamides is 1. The van der Waals surface area contributed by atoms with Crippen LogP contribution >= 0.6 is 11.6 Å². The van der Waals surface area contributed by atoms with Crippen molar-refractivity contribution in [3.63, 3.8) is 0 Å². The third-order valence-corrected chi connectivity index (χ3v) is 4.95. The molecule has 1 saturated heterocycles. The average molecular weight is 294 g/mol. The summed E-state index contributed by atoms with van der Waals surface area (Å²) in [5.41, 5.74) is 0. The van der Waals surface area contributed by atoms with Gasteiger partial charge in [0.25, 0.3) is 10.0 Å². The lowest BCUT2D eigenvalue weighted by Gasteiger charge is -2.30. The SMILES string of the molecule is CCc1ncc(S(=O)(=O)N2CCOC(CCl)C2)[nH]1. The number of morpholine rings is 1. The maximum absolute atomic E-state index is 12.3. The molecular formula is C10H16ClN3O3S. The van der Waals surface area contributed by atoms with Crippen molar-refractivity contribution in [1.82, 2.24) is 14.3 Å². The van der Waals surface area contributed by atoms with Crippen molar-refractivity contribution in [2.24, 2.45) is 0 Å². The third-order valence-electron chi connectivity index (χ3n) is 2.83. The van der Waals surface area contributed by atoms with E-state index >= 15 is 0 Å². The number of H-pyrrole nitrogens is 1. The second-order valence-electron chi connectivity index (χ2n) is 4.06. The van der Waals surface area contributed by atoms with Gasteiger partial charge in [0.15, 0.2) is 5.03 Å². The molecule has 1 aliphatic heterocycles. The zero-order chi connectivity index (χ0) is 13.2. The minimum absolute atomic E-state index is 0.134. The topological polar surface area (TPSA) is 75.3 Å². The Kier molecular flexibility index (Phi) is 4.26. The Hall–Kier alpha value is -0.630. The first-order valence-electron chi connectivity index (χ1n) is 5.79. The molecule has 2 heterocycles. The number of aromatic nitrogens is 2. The van der Waals surface area contributed by atoms with Gasteiger partial charge in [-0.2, -0.15) is 4.31 Å². The highest BCUT2D eigenvalue weighted by Crippen LogP contribution is 2.17. The number of aryl methyl sites for hydroxylation is 1. The minimum Gasteiger partial charge on any atom is -0.374 e. The first-order valence-corrected chi connectivity index (χ1v) is 7.77. The molecule has 1 aromatic heterocycles. The first-order chi connectivity index (χ1) is 8.57. The fourth-order valence-corrected chi connectivity index (χ4v) is 3.37. The number of alkyl halides is 1. The molecule has 0 amide bonds. The van der Waals surface area contributed by atoms with Crippen molar-refractivity contribution < 1.29 is 13.2 Å². The van der Waals surface area contributed by atoms with Crippen molar-refractivity contribution in [1.29, 1.82) is 0 Å². The normalized spacial score (nSPS) is 22.2. The Labute approximate surface area is 111 Å². The number of hydrogen-bond acceptors (Lipinski definition) is 4. The predicted octanol–water partition coefficient (Wildman–Crippen LogP) is 0.600. The number of rotatable bonds is 4. The van der Waals surface area contributed by atoms with Gasteiger partial charge in [-0.25, -0.2) is 13.4 Å². The van der Waals surface area contributed by atoms with E-state index in [1.165, 1.54) is 10.5 Å². The lowest BCUT2D eigenvalue weighted by atomic mass is 10.3. The van der Waals surface area contributed by atoms with Crippen LogP contribution in [0, 0.1) is 0 Å². The standard InChI is InChI=1S/C10H16ClN3O3S/c1-2-9-12-6-10(13-9)18(15,16)14-3-4-17-8(5-11)7-14/h6,8H,2-5,7H2,1H3,(H,12,13). The van der Waals surface area contributed by atoms with Gasteiger partial charge in [0.1, 0.15) is 5.82 Å². The van der Waals surface area contributed by atoms with Crippen molar-refractivity contribution in [3.05, 3.63) is 12.0 Å². The van der Waals surface area contributed by atoms with E-state index in [1.807, 2.05) is 6.92 Å². The van der Waals surface area contributed by atoms with Crippen LogP contribution in [0.5, 0.6) is 0 Å². The van der Waals surface area contributed by atoms with Gasteiger partial charge in [-0.15, -0.1) is 11.6 Å². The van der Waals surface area contributed by atoms with E-state index in [4.69, 9.17) is 16.3 Å². The zero-order valence-electron chi connectivity index (χ0n) is 10.1. The summed E-state index contributed by atoms with van der Waals surface area (Å²) in [6.45, 7) is 2.90. The molecule has 0 radical (unpaired) electrons. The molecule has 0 spiro atoms. The summed E-state index contributed by atoms with van der Waals surface area (Å²) < 4.78 is 31.4. The Balaban J connectivity index is 2.19. The summed E-state index contributed by atoms with van der Waals surface area (Å²) in [5, 5.41) is 0.134. The molecule has 0 saturated carbocycles. The molecule has 102 valence electrons. The van der Waals surface area contributed by atoms with Crippen LogP contribution in [0.15, 0.2) is 11.2 Å². The third kappa shape index (κ3) is 2.69. The maximum Gasteiger partial charge on any atom is 0.260 e. The molecule has 1 aliphatic rings. The van der Waals surface area contributed by atoms with Gasteiger partial charge in [-0.3, -0.25) is 0 Å². The fraction of sp³-hybridized carbons (Fsp3) is 0.700. The van der Waals surface area contributed by atoms with Crippen LogP contribution < -0.4 is 0 Å². The van der Waals surface area contributed by atoms with Crippen LogP contribution in [-0.2, 0) is 21.2 Å². The van der Waals surface area contributed by atoms with E-state index in [2.05, 4.69) is 9.97 Å². The second kappa shape index (κ2) is 5.56. The molecular weight excluding hydrogens is 278 g/mol. The Bertz CT molecular complexity index is 502. The molecule has 0 aromatic carbocycles. The number of ether oxygens (including phenoxy) is 1. The van der Waals surface area contributed by atoms with Crippen molar-refractivity contribution in [2.45, 2.75) is 24.5 Å². The lowest BCUT2D eigenvalue weighted by Crippen LogP contribution is -2.46. The molecule has 6 nitrogen and oxygen atoms in total. The Morgan fingerprint density at radius 3 is 3.06 bits per heavy atom. The van der Waals surface area contributed by atoms with Gasteiger partial charge in [0, 0.05) is 25.4 Å². The molecule has 18 heavy (non-hydrogen) atoms. The van der Waals surface area contributed by atoms with Crippen LogP contribution in [0.3, 0.4) is 0 Å². The number of nitrogens with one attached hydrogen (secondary N) is 1. The highest BCUT2D eigenvalue weighted by Gasteiger charge is 2.31. The number of nitrogens with zero attached hydrogens (tertiary/aromatic N) is 2. The maximum atomic E-state index is 12.3. The molecule has 0 aliphatic carbocycles. The molecule has 1 fully saturated rings. The second-order valence-corrected chi connectivity index (χ2v) is 6.27. The summed E-state index contributed by atoms with van der Waals surface area (Å²) in [4.78, 5) is 6.83. The largest absolute Gasteiger partial charge is 0.374 e. The summed E-state index contributed by atoms with van der Waals surface area (Å²) in [6.07, 6.45) is 1.78. The van der Waals surface area contributed by atoms with E-state index in [-0.39, 0.29) is 23.6 Å². The van der Waals surface area contributed by atoms with Gasteiger partial charge in [0.2, 0.25) is 0 Å². The number of aromatic amines is 1. The molecule has 0 bridgehead atoms. The lowest BCUT2D eigenvalue weighted by molar-refractivity contribution is 0.0121. The van der Waals surface area contributed by atoms with E-state index < -0.39 is 10.0 Å².